The Morgan fingerprint density at radius 3 is 2.05 bits per heavy atom. The van der Waals surface area contributed by atoms with Gasteiger partial charge in [-0.3, -0.25) is 5.84 Å². The molecule has 0 heterocycles. The van der Waals surface area contributed by atoms with Crippen LogP contribution in [0.2, 0.25) is 0 Å². The van der Waals surface area contributed by atoms with E-state index in [-0.39, 0.29) is 6.04 Å². The van der Waals surface area contributed by atoms with Gasteiger partial charge in [-0.15, -0.1) is 0 Å². The number of hydrogen-bond donors (Lipinski definition) is 2. The SMILES string of the molecule is Cc1ccc(C(NN)c2cc(Br)cc(Br)c2)cc1C. The topological polar surface area (TPSA) is 38.0 Å². The highest BCUT2D eigenvalue weighted by molar-refractivity contribution is 9.11. The number of nitrogens with one attached hydrogen (secondary N) is 1. The minimum atomic E-state index is -0.0203. The van der Waals surface area contributed by atoms with Crippen molar-refractivity contribution in [2.24, 2.45) is 5.84 Å². The van der Waals surface area contributed by atoms with Crippen molar-refractivity contribution in [3.63, 3.8) is 0 Å². The van der Waals surface area contributed by atoms with E-state index in [0.717, 1.165) is 20.1 Å². The van der Waals surface area contributed by atoms with Gasteiger partial charge in [0.05, 0.1) is 6.04 Å². The zero-order valence-electron chi connectivity index (χ0n) is 10.9. The maximum atomic E-state index is 5.74. The highest BCUT2D eigenvalue weighted by Gasteiger charge is 2.14. The van der Waals surface area contributed by atoms with Crippen molar-refractivity contribution in [2.45, 2.75) is 19.9 Å². The van der Waals surface area contributed by atoms with Crippen LogP contribution in [0.5, 0.6) is 0 Å². The van der Waals surface area contributed by atoms with Gasteiger partial charge < -0.3 is 0 Å². The van der Waals surface area contributed by atoms with Gasteiger partial charge in [0, 0.05) is 8.95 Å². The van der Waals surface area contributed by atoms with E-state index in [4.69, 9.17) is 5.84 Å². The first-order valence-corrected chi connectivity index (χ1v) is 7.59. The lowest BCUT2D eigenvalue weighted by Gasteiger charge is -2.19. The monoisotopic (exact) mass is 382 g/mol. The summed E-state index contributed by atoms with van der Waals surface area (Å²) in [4.78, 5) is 0. The van der Waals surface area contributed by atoms with Gasteiger partial charge in [0.1, 0.15) is 0 Å². The molecule has 4 heteroatoms. The molecular formula is C15H16Br2N2. The minimum Gasteiger partial charge on any atom is -0.271 e. The second-order valence-electron chi connectivity index (χ2n) is 4.65. The number of aryl methyl sites for hydroxylation is 2. The predicted molar refractivity (Wildman–Crippen MR) is 86.9 cm³/mol. The van der Waals surface area contributed by atoms with Crippen LogP contribution in [0.4, 0.5) is 0 Å². The van der Waals surface area contributed by atoms with Crippen molar-refractivity contribution < 1.29 is 0 Å². The molecule has 0 aliphatic carbocycles. The average Bonchev–Trinajstić information content (AvgIpc) is 2.33. The third-order valence-corrected chi connectivity index (χ3v) is 4.16. The molecule has 0 saturated carbocycles. The zero-order valence-corrected chi connectivity index (χ0v) is 14.0. The quantitative estimate of drug-likeness (QED) is 0.609. The van der Waals surface area contributed by atoms with Crippen LogP contribution in [-0.4, -0.2) is 0 Å². The zero-order chi connectivity index (χ0) is 14.0. The Balaban J connectivity index is 2.46. The van der Waals surface area contributed by atoms with Crippen molar-refractivity contribution in [1.82, 2.24) is 5.43 Å². The molecule has 0 aliphatic heterocycles. The molecule has 2 aromatic rings. The molecule has 1 unspecified atom stereocenters. The van der Waals surface area contributed by atoms with Gasteiger partial charge in [-0.1, -0.05) is 50.1 Å². The van der Waals surface area contributed by atoms with Crippen molar-refractivity contribution in [1.29, 1.82) is 0 Å². The Kier molecular flexibility index (Phi) is 4.79. The molecular weight excluding hydrogens is 368 g/mol. The first-order chi connectivity index (χ1) is 9.01. The Labute approximate surface area is 130 Å². The highest BCUT2D eigenvalue weighted by Crippen LogP contribution is 2.28. The summed E-state index contributed by atoms with van der Waals surface area (Å²) < 4.78 is 2.06. The molecule has 2 aromatic carbocycles. The third-order valence-electron chi connectivity index (χ3n) is 3.25. The molecule has 100 valence electrons. The van der Waals surface area contributed by atoms with Crippen molar-refractivity contribution in [3.8, 4) is 0 Å². The van der Waals surface area contributed by atoms with Crippen molar-refractivity contribution in [3.05, 3.63) is 67.6 Å². The van der Waals surface area contributed by atoms with Gasteiger partial charge in [0.15, 0.2) is 0 Å². The smallest absolute Gasteiger partial charge is 0.0710 e. The lowest BCUT2D eigenvalue weighted by Crippen LogP contribution is -2.29. The molecule has 3 N–H and O–H groups in total. The summed E-state index contributed by atoms with van der Waals surface area (Å²) in [7, 11) is 0. The maximum absolute atomic E-state index is 5.74. The standard InChI is InChI=1S/C15H16Br2N2/c1-9-3-4-11(5-10(9)2)15(19-18)12-6-13(16)8-14(17)7-12/h3-8,15,19H,18H2,1-2H3. The van der Waals surface area contributed by atoms with Gasteiger partial charge in [-0.25, -0.2) is 5.43 Å². The van der Waals surface area contributed by atoms with Gasteiger partial charge in [0.25, 0.3) is 0 Å². The average molecular weight is 384 g/mol. The van der Waals surface area contributed by atoms with Gasteiger partial charge in [-0.2, -0.15) is 0 Å². The van der Waals surface area contributed by atoms with E-state index < -0.39 is 0 Å². The molecule has 0 spiro atoms. The fourth-order valence-electron chi connectivity index (χ4n) is 2.07. The summed E-state index contributed by atoms with van der Waals surface area (Å²) in [6.45, 7) is 4.23. The third kappa shape index (κ3) is 3.45. The summed E-state index contributed by atoms with van der Waals surface area (Å²) in [5.74, 6) is 5.74. The van der Waals surface area contributed by atoms with Gasteiger partial charge in [-0.05, 0) is 54.3 Å². The van der Waals surface area contributed by atoms with Crippen LogP contribution in [0.25, 0.3) is 0 Å². The van der Waals surface area contributed by atoms with Crippen LogP contribution >= 0.6 is 31.9 Å². The molecule has 0 amide bonds. The maximum Gasteiger partial charge on any atom is 0.0710 e. The second kappa shape index (κ2) is 6.18. The van der Waals surface area contributed by atoms with Crippen molar-refractivity contribution >= 4 is 31.9 Å². The lowest BCUT2D eigenvalue weighted by molar-refractivity contribution is 0.636. The number of benzene rings is 2. The molecule has 0 radical (unpaired) electrons. The Bertz CT molecular complexity index is 576. The summed E-state index contributed by atoms with van der Waals surface area (Å²) in [5, 5.41) is 0. The molecule has 19 heavy (non-hydrogen) atoms. The second-order valence-corrected chi connectivity index (χ2v) is 6.48. The van der Waals surface area contributed by atoms with E-state index in [1.165, 1.54) is 11.1 Å². The molecule has 0 aromatic heterocycles. The summed E-state index contributed by atoms with van der Waals surface area (Å²) in [5.41, 5.74) is 7.73. The molecule has 0 bridgehead atoms. The van der Waals surface area contributed by atoms with Crippen LogP contribution in [0.15, 0.2) is 45.3 Å². The Hall–Kier alpha value is -0.680. The number of halogens is 2. The van der Waals surface area contributed by atoms with Gasteiger partial charge in [0.2, 0.25) is 0 Å². The number of hydrogen-bond acceptors (Lipinski definition) is 2. The molecule has 0 fully saturated rings. The van der Waals surface area contributed by atoms with E-state index in [0.29, 0.717) is 0 Å². The fourth-order valence-corrected chi connectivity index (χ4v) is 3.40. The summed E-state index contributed by atoms with van der Waals surface area (Å²) in [6.07, 6.45) is 0. The first kappa shape index (κ1) is 14.7. The normalized spacial score (nSPS) is 12.5. The van der Waals surface area contributed by atoms with Crippen LogP contribution in [0.3, 0.4) is 0 Å². The molecule has 1 atom stereocenters. The van der Waals surface area contributed by atoms with Crippen LogP contribution in [0, 0.1) is 13.8 Å². The molecule has 2 rings (SSSR count). The Morgan fingerprint density at radius 2 is 1.53 bits per heavy atom. The largest absolute Gasteiger partial charge is 0.271 e. The van der Waals surface area contributed by atoms with E-state index >= 15 is 0 Å². The molecule has 2 nitrogen and oxygen atoms in total. The molecule has 0 aliphatic rings. The summed E-state index contributed by atoms with van der Waals surface area (Å²) >= 11 is 7.02. The van der Waals surface area contributed by atoms with Crippen LogP contribution < -0.4 is 11.3 Å². The summed E-state index contributed by atoms with van der Waals surface area (Å²) in [6, 6.07) is 12.6. The molecule has 0 saturated heterocycles. The lowest BCUT2D eigenvalue weighted by atomic mass is 9.96. The fraction of sp³-hybridized carbons (Fsp3) is 0.200. The number of hydrazine groups is 1. The minimum absolute atomic E-state index is 0.0203. The Morgan fingerprint density at radius 1 is 0.895 bits per heavy atom. The van der Waals surface area contributed by atoms with Crippen LogP contribution in [0.1, 0.15) is 28.3 Å². The van der Waals surface area contributed by atoms with E-state index in [9.17, 15) is 0 Å². The van der Waals surface area contributed by atoms with E-state index in [1.54, 1.807) is 0 Å². The predicted octanol–water partition coefficient (Wildman–Crippen LogP) is 4.38. The van der Waals surface area contributed by atoms with E-state index in [2.05, 4.69) is 81.5 Å². The number of nitrogens with two attached hydrogens (primary N) is 1. The van der Waals surface area contributed by atoms with E-state index in [1.807, 2.05) is 6.07 Å². The highest BCUT2D eigenvalue weighted by atomic mass is 79.9. The van der Waals surface area contributed by atoms with Crippen LogP contribution in [-0.2, 0) is 0 Å². The number of rotatable bonds is 3. The van der Waals surface area contributed by atoms with Crippen molar-refractivity contribution in [2.75, 3.05) is 0 Å². The van der Waals surface area contributed by atoms with Gasteiger partial charge >= 0.3 is 0 Å². The first-order valence-electron chi connectivity index (χ1n) is 6.00.